The van der Waals surface area contributed by atoms with Crippen LogP contribution in [0.25, 0.3) is 11.1 Å². The van der Waals surface area contributed by atoms with Crippen LogP contribution in [-0.4, -0.2) is 71.5 Å². The van der Waals surface area contributed by atoms with Crippen molar-refractivity contribution in [1.82, 2.24) is 25.4 Å². The van der Waals surface area contributed by atoms with Gasteiger partial charge in [0.25, 0.3) is 0 Å². The van der Waals surface area contributed by atoms with E-state index in [1.807, 2.05) is 48.2 Å². The number of rotatable bonds is 13. The Balaban J connectivity index is 1.66. The van der Waals surface area contributed by atoms with E-state index in [4.69, 9.17) is 9.47 Å². The Hall–Kier alpha value is -3.92. The van der Waals surface area contributed by atoms with E-state index in [0.29, 0.717) is 57.9 Å². The quantitative estimate of drug-likeness (QED) is 0.280. The topological polar surface area (TPSA) is 113 Å². The molecule has 10 heteroatoms. The van der Waals surface area contributed by atoms with E-state index in [0.717, 1.165) is 22.4 Å². The molecule has 3 aromatic rings. The predicted octanol–water partition coefficient (Wildman–Crippen LogP) is 3.22. The van der Waals surface area contributed by atoms with E-state index in [1.165, 1.54) is 0 Å². The van der Waals surface area contributed by atoms with Crippen molar-refractivity contribution in [3.63, 3.8) is 0 Å². The number of H-pyrrole nitrogens is 1. The molecule has 4 rings (SSSR count). The molecular formula is C26H32N6O4. The van der Waals surface area contributed by atoms with E-state index in [2.05, 4.69) is 20.5 Å². The molecule has 1 aliphatic rings. The molecule has 0 aliphatic carbocycles. The first-order chi connectivity index (χ1) is 17.6. The number of nitrogens with one attached hydrogen (secondary N) is 2. The van der Waals surface area contributed by atoms with Crippen molar-refractivity contribution in [2.24, 2.45) is 0 Å². The second-order valence-electron chi connectivity index (χ2n) is 8.69. The third kappa shape index (κ3) is 5.49. The Morgan fingerprint density at radius 2 is 2.08 bits per heavy atom. The van der Waals surface area contributed by atoms with Gasteiger partial charge in [-0.2, -0.15) is 5.10 Å². The number of aromatic amines is 1. The summed E-state index contributed by atoms with van der Waals surface area (Å²) >= 11 is 0. The smallest absolute Gasteiger partial charge is 0.326 e. The minimum atomic E-state index is -0.559. The fourth-order valence-electron chi connectivity index (χ4n) is 4.61. The van der Waals surface area contributed by atoms with Crippen molar-refractivity contribution < 1.29 is 19.1 Å². The summed E-state index contributed by atoms with van der Waals surface area (Å²) in [6.45, 7) is 4.31. The molecule has 1 aliphatic heterocycles. The first-order valence-electron chi connectivity index (χ1n) is 12.0. The number of methoxy groups -OCH3 is 1. The van der Waals surface area contributed by atoms with E-state index in [9.17, 15) is 9.59 Å². The molecule has 0 spiro atoms. The molecule has 0 bridgehead atoms. The predicted molar refractivity (Wildman–Crippen MR) is 136 cm³/mol. The average molecular weight is 493 g/mol. The minimum absolute atomic E-state index is 0.135. The second kappa shape index (κ2) is 11.7. The molecule has 1 fully saturated rings. The van der Waals surface area contributed by atoms with Crippen molar-refractivity contribution in [3.05, 3.63) is 60.6 Å². The van der Waals surface area contributed by atoms with Gasteiger partial charge >= 0.3 is 6.03 Å². The van der Waals surface area contributed by atoms with Gasteiger partial charge in [-0.05, 0) is 49.6 Å². The van der Waals surface area contributed by atoms with Crippen LogP contribution in [0, 0.1) is 0 Å². The fraction of sp³-hybridized carbons (Fsp3) is 0.385. The van der Waals surface area contributed by atoms with Crippen LogP contribution >= 0.6 is 0 Å². The van der Waals surface area contributed by atoms with Crippen molar-refractivity contribution >= 4 is 18.3 Å². The lowest BCUT2D eigenvalue weighted by Crippen LogP contribution is -2.49. The maximum atomic E-state index is 13.9. The number of carbonyl (C=O) groups excluding carboxylic acids is 2. The maximum Gasteiger partial charge on any atom is 0.326 e. The number of nitrogens with zero attached hydrogens (tertiary/aromatic N) is 4. The Labute approximate surface area is 210 Å². The summed E-state index contributed by atoms with van der Waals surface area (Å²) in [4.78, 5) is 33.1. The SMILES string of the molecule is CCOCCC1(CCNC=O)CN(c2ccc(-c3cn[nH]c3)cn2)C(=O)N1Cc1cccc(OC)c1. The van der Waals surface area contributed by atoms with Crippen LogP contribution in [0.5, 0.6) is 5.75 Å². The number of amides is 3. The van der Waals surface area contributed by atoms with E-state index >= 15 is 0 Å². The Morgan fingerprint density at radius 3 is 2.78 bits per heavy atom. The van der Waals surface area contributed by atoms with Crippen LogP contribution in [0.4, 0.5) is 10.6 Å². The first-order valence-corrected chi connectivity index (χ1v) is 12.0. The summed E-state index contributed by atoms with van der Waals surface area (Å²) in [7, 11) is 1.62. The molecule has 0 radical (unpaired) electrons. The summed E-state index contributed by atoms with van der Waals surface area (Å²) in [6.07, 6.45) is 7.17. The zero-order valence-electron chi connectivity index (χ0n) is 20.6. The zero-order valence-corrected chi connectivity index (χ0v) is 20.6. The number of anilines is 1. The van der Waals surface area contributed by atoms with Gasteiger partial charge in [0.05, 0.1) is 25.4 Å². The summed E-state index contributed by atoms with van der Waals surface area (Å²) in [5, 5.41) is 9.55. The highest BCUT2D eigenvalue weighted by Gasteiger charge is 2.49. The van der Waals surface area contributed by atoms with Crippen LogP contribution < -0.4 is 15.0 Å². The van der Waals surface area contributed by atoms with Crippen LogP contribution in [0.15, 0.2) is 55.0 Å². The largest absolute Gasteiger partial charge is 0.497 e. The Kier molecular flexibility index (Phi) is 8.17. The van der Waals surface area contributed by atoms with Crippen molar-refractivity contribution in [2.75, 3.05) is 38.3 Å². The second-order valence-corrected chi connectivity index (χ2v) is 8.69. The molecule has 1 saturated heterocycles. The highest BCUT2D eigenvalue weighted by atomic mass is 16.5. The standard InChI is InChI=1S/C26H32N6O4/c1-3-36-12-10-26(9-11-27-19-33)18-31(24-8-7-21(14-28-24)22-15-29-30-16-22)25(34)32(26)17-20-5-4-6-23(13-20)35-2/h4-8,13-16,19H,3,9-12,17-18H2,1-2H3,(H,27,33)(H,29,30). The molecule has 0 saturated carbocycles. The van der Waals surface area contributed by atoms with Crippen LogP contribution in [0.1, 0.15) is 25.3 Å². The number of hydrogen-bond acceptors (Lipinski definition) is 6. The highest BCUT2D eigenvalue weighted by Crippen LogP contribution is 2.37. The van der Waals surface area contributed by atoms with Gasteiger partial charge in [0.2, 0.25) is 6.41 Å². The third-order valence-corrected chi connectivity index (χ3v) is 6.55. The van der Waals surface area contributed by atoms with Crippen molar-refractivity contribution in [3.8, 4) is 16.9 Å². The molecule has 1 aromatic carbocycles. The van der Waals surface area contributed by atoms with Gasteiger partial charge in [-0.15, -0.1) is 0 Å². The molecule has 3 heterocycles. The monoisotopic (exact) mass is 492 g/mol. The number of carbonyl (C=O) groups is 2. The van der Waals surface area contributed by atoms with E-state index in [1.54, 1.807) is 30.6 Å². The zero-order chi connectivity index (χ0) is 25.4. The molecule has 1 unspecified atom stereocenters. The number of benzene rings is 1. The summed E-state index contributed by atoms with van der Waals surface area (Å²) in [5.41, 5.74) is 2.23. The molecule has 1 atom stereocenters. The lowest BCUT2D eigenvalue weighted by atomic mass is 9.89. The highest BCUT2D eigenvalue weighted by molar-refractivity contribution is 5.94. The number of aromatic nitrogens is 3. The van der Waals surface area contributed by atoms with Gasteiger partial charge in [0.1, 0.15) is 11.6 Å². The van der Waals surface area contributed by atoms with Crippen molar-refractivity contribution in [1.29, 1.82) is 0 Å². The molecule has 36 heavy (non-hydrogen) atoms. The lowest BCUT2D eigenvalue weighted by molar-refractivity contribution is -0.109. The van der Waals surface area contributed by atoms with Gasteiger partial charge in [0, 0.05) is 49.8 Å². The summed E-state index contributed by atoms with van der Waals surface area (Å²) < 4.78 is 11.1. The minimum Gasteiger partial charge on any atom is -0.497 e. The lowest BCUT2D eigenvalue weighted by Gasteiger charge is -2.37. The van der Waals surface area contributed by atoms with Gasteiger partial charge in [-0.1, -0.05) is 12.1 Å². The first kappa shape index (κ1) is 25.2. The maximum absolute atomic E-state index is 13.9. The molecule has 190 valence electrons. The van der Waals surface area contributed by atoms with Gasteiger partial charge < -0.3 is 19.7 Å². The van der Waals surface area contributed by atoms with Gasteiger partial charge in [-0.3, -0.25) is 14.8 Å². The summed E-state index contributed by atoms with van der Waals surface area (Å²) in [6, 6.07) is 11.4. The average Bonchev–Trinajstić information content (AvgIpc) is 3.53. The number of ether oxygens (including phenoxy) is 2. The van der Waals surface area contributed by atoms with Crippen LogP contribution in [0.2, 0.25) is 0 Å². The summed E-state index contributed by atoms with van der Waals surface area (Å²) in [5.74, 6) is 1.31. The number of urea groups is 1. The van der Waals surface area contributed by atoms with E-state index < -0.39 is 5.54 Å². The molecule has 2 aromatic heterocycles. The van der Waals surface area contributed by atoms with Gasteiger partial charge in [0.15, 0.2) is 0 Å². The number of pyridine rings is 1. The molecule has 2 N–H and O–H groups in total. The molecule has 3 amide bonds. The third-order valence-electron chi connectivity index (χ3n) is 6.55. The van der Waals surface area contributed by atoms with E-state index in [-0.39, 0.29) is 6.03 Å². The van der Waals surface area contributed by atoms with Crippen LogP contribution in [0.3, 0.4) is 0 Å². The van der Waals surface area contributed by atoms with Gasteiger partial charge in [-0.25, -0.2) is 9.78 Å². The number of hydrogen-bond donors (Lipinski definition) is 2. The van der Waals surface area contributed by atoms with Crippen molar-refractivity contribution in [2.45, 2.75) is 31.8 Å². The Morgan fingerprint density at radius 1 is 1.19 bits per heavy atom. The Bertz CT molecular complexity index is 1140. The fourth-order valence-corrected chi connectivity index (χ4v) is 4.61. The molecule has 10 nitrogen and oxygen atoms in total. The molecular weight excluding hydrogens is 460 g/mol. The van der Waals surface area contributed by atoms with Crippen LogP contribution in [-0.2, 0) is 16.1 Å². The normalized spacial score (nSPS) is 17.4.